The van der Waals surface area contributed by atoms with Gasteiger partial charge in [0.1, 0.15) is 12.4 Å². The van der Waals surface area contributed by atoms with Gasteiger partial charge in [0, 0.05) is 0 Å². The fourth-order valence-electron chi connectivity index (χ4n) is 4.35. The van der Waals surface area contributed by atoms with Crippen LogP contribution in [-0.2, 0) is 26.3 Å². The number of benzene rings is 3. The fourth-order valence-corrected chi connectivity index (χ4v) is 5.21. The van der Waals surface area contributed by atoms with E-state index < -0.39 is 11.5 Å². The van der Waals surface area contributed by atoms with Gasteiger partial charge in [-0.2, -0.15) is 4.37 Å². The molecule has 5 rings (SSSR count). The SMILES string of the molecule is COC(=O)C1(c2ccc(-c3ccc(-c4snc(C)c4NC(=O)OCc4cccc(F)c4)cc3)cc2)CC1. The van der Waals surface area contributed by atoms with Gasteiger partial charge in [0.25, 0.3) is 0 Å². The minimum Gasteiger partial charge on any atom is -0.468 e. The number of ether oxygens (including phenoxy) is 2. The summed E-state index contributed by atoms with van der Waals surface area (Å²) in [5.74, 6) is -0.555. The molecule has 0 saturated heterocycles. The molecule has 1 amide bonds. The van der Waals surface area contributed by atoms with Crippen molar-refractivity contribution in [3.63, 3.8) is 0 Å². The molecule has 3 aromatic carbocycles. The third-order valence-corrected chi connectivity index (χ3v) is 7.58. The number of nitrogens with one attached hydrogen (secondary N) is 1. The first-order valence-electron chi connectivity index (χ1n) is 11.8. The first-order chi connectivity index (χ1) is 17.9. The molecule has 1 fully saturated rings. The molecule has 1 aliphatic rings. The molecule has 0 bridgehead atoms. The molecule has 6 nitrogen and oxygen atoms in total. The van der Waals surface area contributed by atoms with Crippen molar-refractivity contribution in [2.75, 3.05) is 12.4 Å². The lowest BCUT2D eigenvalue weighted by atomic mass is 9.93. The van der Waals surface area contributed by atoms with E-state index in [1.165, 1.54) is 30.8 Å². The van der Waals surface area contributed by atoms with Crippen LogP contribution in [0.25, 0.3) is 21.6 Å². The van der Waals surface area contributed by atoms with Gasteiger partial charge < -0.3 is 9.47 Å². The number of aromatic nitrogens is 1. The molecule has 1 N–H and O–H groups in total. The molecule has 0 unspecified atom stereocenters. The summed E-state index contributed by atoms with van der Waals surface area (Å²) in [4.78, 5) is 25.4. The summed E-state index contributed by atoms with van der Waals surface area (Å²) in [5, 5.41) is 2.78. The number of carbonyl (C=O) groups is 2. The van der Waals surface area contributed by atoms with E-state index in [0.717, 1.165) is 40.0 Å². The van der Waals surface area contributed by atoms with Crippen molar-refractivity contribution in [3.8, 4) is 21.6 Å². The monoisotopic (exact) mass is 516 g/mol. The summed E-state index contributed by atoms with van der Waals surface area (Å²) in [6.07, 6.45) is 0.999. The average molecular weight is 517 g/mol. The molecule has 4 aromatic rings. The fraction of sp³-hybridized carbons (Fsp3) is 0.207. The Morgan fingerprint density at radius 1 is 1.00 bits per heavy atom. The molecule has 1 saturated carbocycles. The first kappa shape index (κ1) is 24.6. The molecule has 1 heterocycles. The zero-order chi connectivity index (χ0) is 26.0. The molecule has 0 atom stereocenters. The van der Waals surface area contributed by atoms with Gasteiger partial charge in [-0.05, 0) is 71.2 Å². The van der Waals surface area contributed by atoms with Gasteiger partial charge in [-0.25, -0.2) is 9.18 Å². The van der Waals surface area contributed by atoms with Crippen LogP contribution in [0.1, 0.15) is 29.7 Å². The number of nitrogens with zero attached hydrogens (tertiary/aromatic N) is 1. The van der Waals surface area contributed by atoms with Gasteiger partial charge in [-0.3, -0.25) is 10.1 Å². The molecule has 1 aromatic heterocycles. The van der Waals surface area contributed by atoms with Crippen LogP contribution < -0.4 is 5.32 Å². The highest BCUT2D eigenvalue weighted by Crippen LogP contribution is 2.49. The standard InChI is InChI=1S/C29H25FN2O4S/c1-18-25(31-28(34)36-17-19-4-3-5-24(30)16-19)26(37-32-18)22-8-6-20(7-9-22)21-10-12-23(13-11-21)29(14-15-29)27(33)35-2/h3-13,16H,14-15,17H2,1-2H3,(H,31,34). The summed E-state index contributed by atoms with van der Waals surface area (Å²) in [7, 11) is 1.43. The van der Waals surface area contributed by atoms with Crippen LogP contribution in [0, 0.1) is 12.7 Å². The van der Waals surface area contributed by atoms with E-state index in [4.69, 9.17) is 9.47 Å². The Bertz CT molecular complexity index is 1440. The largest absolute Gasteiger partial charge is 0.468 e. The van der Waals surface area contributed by atoms with Gasteiger partial charge in [0.2, 0.25) is 0 Å². The van der Waals surface area contributed by atoms with Crippen LogP contribution in [-0.4, -0.2) is 23.5 Å². The highest BCUT2D eigenvalue weighted by molar-refractivity contribution is 7.10. The molecule has 1 aliphatic carbocycles. The number of amides is 1. The Morgan fingerprint density at radius 3 is 2.27 bits per heavy atom. The van der Waals surface area contributed by atoms with E-state index in [0.29, 0.717) is 16.9 Å². The number of aryl methyl sites for hydroxylation is 1. The molecule has 37 heavy (non-hydrogen) atoms. The van der Waals surface area contributed by atoms with Crippen LogP contribution in [0.15, 0.2) is 72.8 Å². The van der Waals surface area contributed by atoms with E-state index >= 15 is 0 Å². The number of methoxy groups -OCH3 is 1. The Hall–Kier alpha value is -4.04. The highest BCUT2D eigenvalue weighted by Gasteiger charge is 2.52. The van der Waals surface area contributed by atoms with Gasteiger partial charge in [-0.15, -0.1) is 0 Å². The van der Waals surface area contributed by atoms with E-state index in [1.54, 1.807) is 12.1 Å². The number of carbonyl (C=O) groups excluding carboxylic acids is 2. The third-order valence-electron chi connectivity index (χ3n) is 6.59. The second-order valence-electron chi connectivity index (χ2n) is 9.03. The normalized spacial score (nSPS) is 13.6. The summed E-state index contributed by atoms with van der Waals surface area (Å²) in [6.45, 7) is 1.78. The van der Waals surface area contributed by atoms with Crippen molar-refractivity contribution in [1.29, 1.82) is 0 Å². The van der Waals surface area contributed by atoms with Gasteiger partial charge >= 0.3 is 12.1 Å². The van der Waals surface area contributed by atoms with Crippen molar-refractivity contribution in [3.05, 3.63) is 95.4 Å². The number of anilines is 1. The number of hydrogen-bond donors (Lipinski definition) is 1. The van der Waals surface area contributed by atoms with Crippen molar-refractivity contribution in [2.45, 2.75) is 31.8 Å². The Balaban J connectivity index is 1.28. The summed E-state index contributed by atoms with van der Waals surface area (Å²) in [6, 6.07) is 22.0. The van der Waals surface area contributed by atoms with Gasteiger partial charge in [0.05, 0.1) is 28.8 Å². The second-order valence-corrected chi connectivity index (χ2v) is 9.80. The summed E-state index contributed by atoms with van der Waals surface area (Å²) in [5.41, 5.74) is 5.32. The zero-order valence-corrected chi connectivity index (χ0v) is 21.2. The Morgan fingerprint density at radius 2 is 1.65 bits per heavy atom. The highest BCUT2D eigenvalue weighted by atomic mass is 32.1. The number of hydrogen-bond acceptors (Lipinski definition) is 6. The van der Waals surface area contributed by atoms with Crippen molar-refractivity contribution in [1.82, 2.24) is 4.37 Å². The molecular formula is C29H25FN2O4S. The first-order valence-corrected chi connectivity index (χ1v) is 12.6. The van der Waals surface area contributed by atoms with Crippen molar-refractivity contribution < 1.29 is 23.5 Å². The zero-order valence-electron chi connectivity index (χ0n) is 20.4. The Kier molecular flexibility index (Phi) is 6.76. The third kappa shape index (κ3) is 5.11. The molecule has 0 aliphatic heterocycles. The number of esters is 1. The van der Waals surface area contributed by atoms with E-state index in [1.807, 2.05) is 55.5 Å². The van der Waals surface area contributed by atoms with Crippen LogP contribution in [0.5, 0.6) is 0 Å². The van der Waals surface area contributed by atoms with Crippen LogP contribution in [0.2, 0.25) is 0 Å². The lowest BCUT2D eigenvalue weighted by Gasteiger charge is -2.13. The van der Waals surface area contributed by atoms with Crippen LogP contribution >= 0.6 is 11.5 Å². The minimum atomic E-state index is -0.633. The van der Waals surface area contributed by atoms with Crippen LogP contribution in [0.4, 0.5) is 14.9 Å². The summed E-state index contributed by atoms with van der Waals surface area (Å²) >= 11 is 1.29. The predicted octanol–water partition coefficient (Wildman–Crippen LogP) is 6.88. The second kappa shape index (κ2) is 10.1. The van der Waals surface area contributed by atoms with E-state index in [-0.39, 0.29) is 18.4 Å². The van der Waals surface area contributed by atoms with E-state index in [9.17, 15) is 14.0 Å². The van der Waals surface area contributed by atoms with Gasteiger partial charge in [-0.1, -0.05) is 60.7 Å². The number of rotatable bonds is 7. The average Bonchev–Trinajstić information content (AvgIpc) is 3.66. The lowest BCUT2D eigenvalue weighted by molar-refractivity contribution is -0.143. The van der Waals surface area contributed by atoms with Crippen molar-refractivity contribution in [2.24, 2.45) is 0 Å². The quantitative estimate of drug-likeness (QED) is 0.271. The van der Waals surface area contributed by atoms with E-state index in [2.05, 4.69) is 9.69 Å². The maximum Gasteiger partial charge on any atom is 0.412 e. The minimum absolute atomic E-state index is 0.0379. The predicted molar refractivity (Wildman–Crippen MR) is 141 cm³/mol. The lowest BCUT2D eigenvalue weighted by Crippen LogP contribution is -2.21. The molecule has 188 valence electrons. The molecular weight excluding hydrogens is 491 g/mol. The van der Waals surface area contributed by atoms with Crippen molar-refractivity contribution >= 4 is 29.3 Å². The maximum atomic E-state index is 13.4. The topological polar surface area (TPSA) is 77.5 Å². The maximum absolute atomic E-state index is 13.4. The molecule has 0 spiro atoms. The number of halogens is 1. The van der Waals surface area contributed by atoms with Gasteiger partial charge in [0.15, 0.2) is 0 Å². The smallest absolute Gasteiger partial charge is 0.412 e. The Labute approximate surface area is 218 Å². The van der Waals surface area contributed by atoms with Crippen LogP contribution in [0.3, 0.4) is 0 Å². The summed E-state index contributed by atoms with van der Waals surface area (Å²) < 4.78 is 28.0. The molecule has 8 heteroatoms. The molecule has 0 radical (unpaired) electrons.